The van der Waals surface area contributed by atoms with E-state index in [-0.39, 0.29) is 11.9 Å². The molecule has 1 aromatic rings. The molecule has 0 aliphatic carbocycles. The van der Waals surface area contributed by atoms with E-state index in [1.165, 1.54) is 5.56 Å². The lowest BCUT2D eigenvalue weighted by atomic mass is 9.89. The summed E-state index contributed by atoms with van der Waals surface area (Å²) in [6, 6.07) is 8.08. The standard InChI is InChI=1S/C21H31N3O2/c1-3-22-21(26)24-11-5-8-19(15-24)17-6-4-7-18(14-17)20(25)23-12-9-16(2)10-13-23/h4,6-7,14,16,19H,3,5,8-13,15H2,1-2H3,(H,22,26). The van der Waals surface area contributed by atoms with Crippen LogP contribution in [0.15, 0.2) is 24.3 Å². The average Bonchev–Trinajstić information content (AvgIpc) is 2.68. The van der Waals surface area contributed by atoms with Gasteiger partial charge in [0.15, 0.2) is 0 Å². The Morgan fingerprint density at radius 1 is 1.12 bits per heavy atom. The molecule has 5 heteroatoms. The van der Waals surface area contributed by atoms with E-state index in [0.29, 0.717) is 18.4 Å². The highest BCUT2D eigenvalue weighted by Gasteiger charge is 2.26. The van der Waals surface area contributed by atoms with E-state index in [4.69, 9.17) is 0 Å². The summed E-state index contributed by atoms with van der Waals surface area (Å²) in [7, 11) is 0. The summed E-state index contributed by atoms with van der Waals surface area (Å²) in [6.45, 7) is 8.11. The van der Waals surface area contributed by atoms with Gasteiger partial charge in [-0.25, -0.2) is 4.79 Å². The Kier molecular flexibility index (Phi) is 6.17. The molecule has 142 valence electrons. The van der Waals surface area contributed by atoms with Crippen LogP contribution in [-0.4, -0.2) is 54.5 Å². The summed E-state index contributed by atoms with van der Waals surface area (Å²) in [5, 5.41) is 2.89. The number of amides is 3. The highest BCUT2D eigenvalue weighted by molar-refractivity contribution is 5.94. The summed E-state index contributed by atoms with van der Waals surface area (Å²) in [5.74, 6) is 1.17. The number of urea groups is 1. The Morgan fingerprint density at radius 3 is 2.62 bits per heavy atom. The first-order chi connectivity index (χ1) is 12.6. The van der Waals surface area contributed by atoms with Gasteiger partial charge in [0, 0.05) is 44.2 Å². The van der Waals surface area contributed by atoms with Gasteiger partial charge in [-0.1, -0.05) is 19.1 Å². The van der Waals surface area contributed by atoms with Crippen LogP contribution in [-0.2, 0) is 0 Å². The van der Waals surface area contributed by atoms with Crippen LogP contribution in [0, 0.1) is 5.92 Å². The maximum absolute atomic E-state index is 12.9. The number of likely N-dealkylation sites (tertiary alicyclic amines) is 2. The van der Waals surface area contributed by atoms with E-state index in [2.05, 4.69) is 18.3 Å². The molecule has 2 aliphatic heterocycles. The third kappa shape index (κ3) is 4.37. The van der Waals surface area contributed by atoms with Gasteiger partial charge in [-0.15, -0.1) is 0 Å². The SMILES string of the molecule is CCNC(=O)N1CCCC(c2cccc(C(=O)N3CCC(C)CC3)c2)C1. The summed E-state index contributed by atoms with van der Waals surface area (Å²) in [5.41, 5.74) is 1.96. The van der Waals surface area contributed by atoms with Crippen molar-refractivity contribution in [1.82, 2.24) is 15.1 Å². The molecule has 2 fully saturated rings. The van der Waals surface area contributed by atoms with Gasteiger partial charge in [0.05, 0.1) is 0 Å². The quantitative estimate of drug-likeness (QED) is 0.900. The van der Waals surface area contributed by atoms with Crippen LogP contribution in [0.4, 0.5) is 4.79 Å². The predicted octanol–water partition coefficient (Wildman–Crippen LogP) is 3.47. The molecular weight excluding hydrogens is 326 g/mol. The summed E-state index contributed by atoms with van der Waals surface area (Å²) >= 11 is 0. The molecule has 26 heavy (non-hydrogen) atoms. The van der Waals surface area contributed by atoms with E-state index < -0.39 is 0 Å². The van der Waals surface area contributed by atoms with E-state index in [0.717, 1.165) is 57.4 Å². The van der Waals surface area contributed by atoms with Gasteiger partial charge in [-0.3, -0.25) is 4.79 Å². The zero-order valence-electron chi connectivity index (χ0n) is 16.0. The lowest BCUT2D eigenvalue weighted by Gasteiger charge is -2.33. The fraction of sp³-hybridized carbons (Fsp3) is 0.619. The third-order valence-electron chi connectivity index (χ3n) is 5.71. The number of benzene rings is 1. The Hall–Kier alpha value is -2.04. The first-order valence-corrected chi connectivity index (χ1v) is 10.0. The Morgan fingerprint density at radius 2 is 1.88 bits per heavy atom. The number of carbonyl (C=O) groups excluding carboxylic acids is 2. The van der Waals surface area contributed by atoms with Gasteiger partial charge in [0.2, 0.25) is 0 Å². The van der Waals surface area contributed by atoms with Crippen molar-refractivity contribution in [3.63, 3.8) is 0 Å². The molecule has 5 nitrogen and oxygen atoms in total. The fourth-order valence-electron chi connectivity index (χ4n) is 4.02. The summed E-state index contributed by atoms with van der Waals surface area (Å²) in [4.78, 5) is 28.9. The second-order valence-electron chi connectivity index (χ2n) is 7.72. The second kappa shape index (κ2) is 8.56. The highest BCUT2D eigenvalue weighted by atomic mass is 16.2. The van der Waals surface area contributed by atoms with Crippen molar-refractivity contribution < 1.29 is 9.59 Å². The van der Waals surface area contributed by atoms with Crippen LogP contribution < -0.4 is 5.32 Å². The number of hydrogen-bond donors (Lipinski definition) is 1. The van der Waals surface area contributed by atoms with Crippen LogP contribution in [0.3, 0.4) is 0 Å². The topological polar surface area (TPSA) is 52.7 Å². The molecule has 2 aliphatic rings. The van der Waals surface area contributed by atoms with Crippen LogP contribution in [0.2, 0.25) is 0 Å². The lowest BCUT2D eigenvalue weighted by molar-refractivity contribution is 0.0697. The zero-order valence-corrected chi connectivity index (χ0v) is 16.0. The van der Waals surface area contributed by atoms with Crippen molar-refractivity contribution in [3.8, 4) is 0 Å². The fourth-order valence-corrected chi connectivity index (χ4v) is 4.02. The number of rotatable bonds is 3. The number of carbonyl (C=O) groups is 2. The van der Waals surface area contributed by atoms with Crippen LogP contribution in [0.1, 0.15) is 61.4 Å². The van der Waals surface area contributed by atoms with Crippen molar-refractivity contribution in [2.75, 3.05) is 32.7 Å². The molecule has 1 N–H and O–H groups in total. The third-order valence-corrected chi connectivity index (χ3v) is 5.71. The molecule has 0 spiro atoms. The van der Waals surface area contributed by atoms with Crippen molar-refractivity contribution >= 4 is 11.9 Å². The van der Waals surface area contributed by atoms with Gasteiger partial charge in [0.25, 0.3) is 5.91 Å². The number of piperidine rings is 2. The van der Waals surface area contributed by atoms with Crippen molar-refractivity contribution in [1.29, 1.82) is 0 Å². The molecular formula is C21H31N3O2. The maximum Gasteiger partial charge on any atom is 0.317 e. The normalized spacial score (nSPS) is 21.5. The Bertz CT molecular complexity index is 638. The number of hydrogen-bond acceptors (Lipinski definition) is 2. The van der Waals surface area contributed by atoms with Gasteiger partial charge < -0.3 is 15.1 Å². The summed E-state index contributed by atoms with van der Waals surface area (Å²) in [6.07, 6.45) is 4.25. The minimum Gasteiger partial charge on any atom is -0.339 e. The second-order valence-corrected chi connectivity index (χ2v) is 7.72. The van der Waals surface area contributed by atoms with Crippen molar-refractivity contribution in [2.24, 2.45) is 5.92 Å². The van der Waals surface area contributed by atoms with E-state index in [1.807, 2.05) is 34.9 Å². The minimum absolute atomic E-state index is 0.0202. The molecule has 3 amide bonds. The van der Waals surface area contributed by atoms with Gasteiger partial charge in [-0.2, -0.15) is 0 Å². The molecule has 3 rings (SSSR count). The van der Waals surface area contributed by atoms with E-state index in [1.54, 1.807) is 0 Å². The minimum atomic E-state index is 0.0202. The van der Waals surface area contributed by atoms with Crippen molar-refractivity contribution in [2.45, 2.75) is 45.4 Å². The zero-order chi connectivity index (χ0) is 18.5. The Labute approximate surface area is 156 Å². The maximum atomic E-state index is 12.9. The van der Waals surface area contributed by atoms with Crippen LogP contribution in [0.5, 0.6) is 0 Å². The van der Waals surface area contributed by atoms with Crippen molar-refractivity contribution in [3.05, 3.63) is 35.4 Å². The molecule has 0 aromatic heterocycles. The molecule has 1 unspecified atom stereocenters. The first-order valence-electron chi connectivity index (χ1n) is 10.0. The number of nitrogens with zero attached hydrogens (tertiary/aromatic N) is 2. The van der Waals surface area contributed by atoms with Gasteiger partial charge in [-0.05, 0) is 56.2 Å². The molecule has 1 atom stereocenters. The summed E-state index contributed by atoms with van der Waals surface area (Å²) < 4.78 is 0. The Balaban J connectivity index is 1.68. The largest absolute Gasteiger partial charge is 0.339 e. The average molecular weight is 357 g/mol. The molecule has 2 heterocycles. The lowest BCUT2D eigenvalue weighted by Crippen LogP contribution is -2.44. The molecule has 0 radical (unpaired) electrons. The molecule has 1 aromatic carbocycles. The smallest absolute Gasteiger partial charge is 0.317 e. The van der Waals surface area contributed by atoms with Crippen LogP contribution in [0.25, 0.3) is 0 Å². The van der Waals surface area contributed by atoms with Gasteiger partial charge >= 0.3 is 6.03 Å². The monoisotopic (exact) mass is 357 g/mol. The predicted molar refractivity (Wildman–Crippen MR) is 103 cm³/mol. The highest BCUT2D eigenvalue weighted by Crippen LogP contribution is 2.28. The first kappa shape index (κ1) is 18.7. The number of nitrogens with one attached hydrogen (secondary N) is 1. The molecule has 2 saturated heterocycles. The molecule has 0 saturated carbocycles. The van der Waals surface area contributed by atoms with Crippen LogP contribution >= 0.6 is 0 Å². The molecule has 0 bridgehead atoms. The van der Waals surface area contributed by atoms with E-state index >= 15 is 0 Å². The van der Waals surface area contributed by atoms with Gasteiger partial charge in [0.1, 0.15) is 0 Å². The van der Waals surface area contributed by atoms with E-state index in [9.17, 15) is 9.59 Å².